The van der Waals surface area contributed by atoms with E-state index >= 15 is 0 Å². The lowest BCUT2D eigenvalue weighted by molar-refractivity contribution is 0.354. The summed E-state index contributed by atoms with van der Waals surface area (Å²) in [7, 11) is 3.25. The average Bonchev–Trinajstić information content (AvgIpc) is 2.48. The predicted molar refractivity (Wildman–Crippen MR) is 79.9 cm³/mol. The zero-order chi connectivity index (χ0) is 14.5. The van der Waals surface area contributed by atoms with Crippen LogP contribution in [0.25, 0.3) is 0 Å². The monoisotopic (exact) mass is 272 g/mol. The van der Waals surface area contributed by atoms with Crippen molar-refractivity contribution >= 4 is 0 Å². The molecule has 0 heterocycles. The van der Waals surface area contributed by atoms with Crippen molar-refractivity contribution in [3.8, 4) is 11.5 Å². The van der Waals surface area contributed by atoms with Gasteiger partial charge in [0.1, 0.15) is 0 Å². The smallest absolute Gasteiger partial charge is 0.161 e. The van der Waals surface area contributed by atoms with Crippen LogP contribution in [0.2, 0.25) is 0 Å². The van der Waals surface area contributed by atoms with E-state index < -0.39 is 0 Å². The van der Waals surface area contributed by atoms with E-state index in [1.54, 1.807) is 14.2 Å². The summed E-state index contributed by atoms with van der Waals surface area (Å²) >= 11 is 0. The van der Waals surface area contributed by atoms with Gasteiger partial charge in [-0.3, -0.25) is 5.84 Å². The second-order valence-corrected chi connectivity index (χ2v) is 4.63. The Morgan fingerprint density at radius 3 is 2.25 bits per heavy atom. The minimum atomic E-state index is -0.0882. The minimum Gasteiger partial charge on any atom is -0.493 e. The van der Waals surface area contributed by atoms with Crippen LogP contribution in [0.4, 0.5) is 0 Å². The van der Waals surface area contributed by atoms with E-state index in [1.165, 1.54) is 5.56 Å². The van der Waals surface area contributed by atoms with Crippen LogP contribution in [-0.4, -0.2) is 14.2 Å². The fraction of sp³-hybridized carbons (Fsp3) is 0.250. The third kappa shape index (κ3) is 2.92. The number of hydrazine groups is 1. The van der Waals surface area contributed by atoms with Crippen molar-refractivity contribution in [3.63, 3.8) is 0 Å². The van der Waals surface area contributed by atoms with Crippen molar-refractivity contribution in [1.29, 1.82) is 0 Å². The number of aryl methyl sites for hydroxylation is 1. The van der Waals surface area contributed by atoms with Crippen LogP contribution in [0.15, 0.2) is 42.5 Å². The van der Waals surface area contributed by atoms with Gasteiger partial charge in [0.15, 0.2) is 11.5 Å². The molecule has 0 aliphatic heterocycles. The Morgan fingerprint density at radius 1 is 0.950 bits per heavy atom. The molecule has 0 aliphatic carbocycles. The molecule has 0 spiro atoms. The largest absolute Gasteiger partial charge is 0.493 e. The number of nitrogens with one attached hydrogen (secondary N) is 1. The maximum Gasteiger partial charge on any atom is 0.161 e. The summed E-state index contributed by atoms with van der Waals surface area (Å²) in [5, 5.41) is 0. The number of ether oxygens (including phenoxy) is 2. The molecule has 20 heavy (non-hydrogen) atoms. The molecule has 0 aromatic heterocycles. The number of nitrogens with two attached hydrogens (primary N) is 1. The first-order valence-electron chi connectivity index (χ1n) is 6.44. The summed E-state index contributed by atoms with van der Waals surface area (Å²) < 4.78 is 10.6. The fourth-order valence-electron chi connectivity index (χ4n) is 2.27. The molecule has 3 N–H and O–H groups in total. The second-order valence-electron chi connectivity index (χ2n) is 4.63. The van der Waals surface area contributed by atoms with Crippen LogP contribution < -0.4 is 20.7 Å². The first-order valence-corrected chi connectivity index (χ1v) is 6.44. The van der Waals surface area contributed by atoms with Crippen LogP contribution in [-0.2, 0) is 0 Å². The molecular formula is C16H20N2O2. The molecule has 4 heteroatoms. The number of rotatable bonds is 5. The topological polar surface area (TPSA) is 56.5 Å². The van der Waals surface area contributed by atoms with Gasteiger partial charge in [-0.15, -0.1) is 0 Å². The Morgan fingerprint density at radius 2 is 1.65 bits per heavy atom. The molecule has 4 nitrogen and oxygen atoms in total. The highest BCUT2D eigenvalue weighted by Gasteiger charge is 2.15. The molecule has 0 bridgehead atoms. The summed E-state index contributed by atoms with van der Waals surface area (Å²) in [5.74, 6) is 7.12. The molecule has 1 unspecified atom stereocenters. The van der Waals surface area contributed by atoms with Crippen molar-refractivity contribution in [1.82, 2.24) is 5.43 Å². The fourth-order valence-corrected chi connectivity index (χ4v) is 2.27. The Labute approximate surface area is 119 Å². The number of methoxy groups -OCH3 is 2. The summed E-state index contributed by atoms with van der Waals surface area (Å²) in [6.45, 7) is 2.06. The van der Waals surface area contributed by atoms with Gasteiger partial charge in [0.25, 0.3) is 0 Å². The Hall–Kier alpha value is -2.04. The second kappa shape index (κ2) is 6.41. The Kier molecular flexibility index (Phi) is 4.61. The number of hydrogen-bond acceptors (Lipinski definition) is 4. The molecule has 0 fully saturated rings. The first-order chi connectivity index (χ1) is 9.69. The van der Waals surface area contributed by atoms with E-state index in [1.807, 2.05) is 30.3 Å². The van der Waals surface area contributed by atoms with Gasteiger partial charge in [0.05, 0.1) is 20.3 Å². The minimum absolute atomic E-state index is 0.0882. The highest BCUT2D eigenvalue weighted by molar-refractivity contribution is 5.46. The molecule has 1 atom stereocenters. The van der Waals surface area contributed by atoms with E-state index in [2.05, 4.69) is 24.5 Å². The van der Waals surface area contributed by atoms with Gasteiger partial charge in [-0.25, -0.2) is 5.43 Å². The van der Waals surface area contributed by atoms with Gasteiger partial charge in [-0.1, -0.05) is 35.9 Å². The summed E-state index contributed by atoms with van der Waals surface area (Å²) in [6, 6.07) is 14.0. The van der Waals surface area contributed by atoms with Gasteiger partial charge in [-0.2, -0.15) is 0 Å². The zero-order valence-corrected chi connectivity index (χ0v) is 12.0. The van der Waals surface area contributed by atoms with E-state index in [4.69, 9.17) is 15.3 Å². The molecule has 2 rings (SSSR count). The van der Waals surface area contributed by atoms with Crippen LogP contribution in [0.5, 0.6) is 11.5 Å². The third-order valence-electron chi connectivity index (χ3n) is 3.28. The van der Waals surface area contributed by atoms with Crippen molar-refractivity contribution in [2.24, 2.45) is 5.84 Å². The Balaban J connectivity index is 2.41. The predicted octanol–water partition coefficient (Wildman–Crippen LogP) is 2.56. The number of benzene rings is 2. The van der Waals surface area contributed by atoms with Crippen molar-refractivity contribution < 1.29 is 9.47 Å². The van der Waals surface area contributed by atoms with Crippen molar-refractivity contribution in [2.75, 3.05) is 14.2 Å². The molecule has 0 saturated heterocycles. The van der Waals surface area contributed by atoms with Crippen LogP contribution in [0.3, 0.4) is 0 Å². The van der Waals surface area contributed by atoms with E-state index in [9.17, 15) is 0 Å². The van der Waals surface area contributed by atoms with E-state index in [0.717, 1.165) is 11.1 Å². The summed E-state index contributed by atoms with van der Waals surface area (Å²) in [5.41, 5.74) is 6.19. The van der Waals surface area contributed by atoms with E-state index in [0.29, 0.717) is 11.5 Å². The standard InChI is InChI=1S/C16H20N2O2/c1-11-5-4-6-12(9-11)16(18-17)13-7-8-14(19-2)15(10-13)20-3/h4-10,16,18H,17H2,1-3H3. The normalized spacial score (nSPS) is 12.0. The number of hydrogen-bond donors (Lipinski definition) is 2. The van der Waals surface area contributed by atoms with Crippen molar-refractivity contribution in [2.45, 2.75) is 13.0 Å². The molecule has 0 aliphatic rings. The van der Waals surface area contributed by atoms with Crippen LogP contribution in [0.1, 0.15) is 22.7 Å². The zero-order valence-electron chi connectivity index (χ0n) is 12.0. The lowest BCUT2D eigenvalue weighted by atomic mass is 9.97. The van der Waals surface area contributed by atoms with Crippen LogP contribution in [0, 0.1) is 6.92 Å². The van der Waals surface area contributed by atoms with Gasteiger partial charge < -0.3 is 9.47 Å². The Bertz CT molecular complexity index is 584. The highest BCUT2D eigenvalue weighted by atomic mass is 16.5. The first kappa shape index (κ1) is 14.4. The van der Waals surface area contributed by atoms with Gasteiger partial charge in [0, 0.05) is 0 Å². The molecule has 2 aromatic rings. The average molecular weight is 272 g/mol. The SMILES string of the molecule is COc1ccc(C(NN)c2cccc(C)c2)cc1OC. The quantitative estimate of drug-likeness (QED) is 0.649. The summed E-state index contributed by atoms with van der Waals surface area (Å²) in [4.78, 5) is 0. The maximum absolute atomic E-state index is 5.73. The molecule has 0 radical (unpaired) electrons. The van der Waals surface area contributed by atoms with E-state index in [-0.39, 0.29) is 6.04 Å². The molecule has 0 amide bonds. The molecule has 0 saturated carbocycles. The van der Waals surface area contributed by atoms with Gasteiger partial charge in [0.2, 0.25) is 0 Å². The maximum atomic E-state index is 5.73. The molecule has 2 aromatic carbocycles. The molecule has 106 valence electrons. The highest BCUT2D eigenvalue weighted by Crippen LogP contribution is 2.32. The van der Waals surface area contributed by atoms with Crippen molar-refractivity contribution in [3.05, 3.63) is 59.2 Å². The van der Waals surface area contributed by atoms with Gasteiger partial charge >= 0.3 is 0 Å². The van der Waals surface area contributed by atoms with Crippen LogP contribution >= 0.6 is 0 Å². The molecular weight excluding hydrogens is 252 g/mol. The van der Waals surface area contributed by atoms with Gasteiger partial charge in [-0.05, 0) is 30.2 Å². The summed E-state index contributed by atoms with van der Waals surface area (Å²) in [6.07, 6.45) is 0. The third-order valence-corrected chi connectivity index (χ3v) is 3.28. The lowest BCUT2D eigenvalue weighted by Crippen LogP contribution is -2.28. The lowest BCUT2D eigenvalue weighted by Gasteiger charge is -2.19.